The van der Waals surface area contributed by atoms with Crippen molar-refractivity contribution in [3.8, 4) is 0 Å². The van der Waals surface area contributed by atoms with Gasteiger partial charge in [0.05, 0.1) is 5.25 Å². The molecule has 136 valence electrons. The number of aryl methyl sites for hydroxylation is 2. The molecule has 8 heteroatoms. The largest absolute Gasteiger partial charge is 0.360 e. The molecule has 3 heterocycles. The monoisotopic (exact) mass is 388 g/mol. The van der Waals surface area contributed by atoms with Crippen LogP contribution in [0.25, 0.3) is 10.2 Å². The van der Waals surface area contributed by atoms with Crippen LogP contribution in [0.5, 0.6) is 0 Å². The van der Waals surface area contributed by atoms with Crippen LogP contribution in [0.4, 0.5) is 5.82 Å². The highest BCUT2D eigenvalue weighted by Crippen LogP contribution is 2.41. The van der Waals surface area contributed by atoms with Crippen LogP contribution in [-0.2, 0) is 17.6 Å². The van der Waals surface area contributed by atoms with Gasteiger partial charge in [0.2, 0.25) is 5.91 Å². The lowest BCUT2D eigenvalue weighted by Gasteiger charge is -2.18. The molecule has 0 bridgehead atoms. The molecule has 4 rings (SSSR count). The van der Waals surface area contributed by atoms with Crippen LogP contribution in [0.3, 0.4) is 0 Å². The van der Waals surface area contributed by atoms with Gasteiger partial charge in [-0.05, 0) is 44.6 Å². The van der Waals surface area contributed by atoms with E-state index in [4.69, 9.17) is 4.52 Å². The summed E-state index contributed by atoms with van der Waals surface area (Å²) < 4.78 is 4.99. The minimum atomic E-state index is -0.303. The van der Waals surface area contributed by atoms with Gasteiger partial charge in [0, 0.05) is 16.3 Å². The third kappa shape index (κ3) is 3.35. The summed E-state index contributed by atoms with van der Waals surface area (Å²) in [5, 5.41) is 8.33. The zero-order chi connectivity index (χ0) is 18.3. The molecule has 1 aliphatic rings. The second-order valence-corrected chi connectivity index (χ2v) is 9.20. The second kappa shape index (κ2) is 7.00. The lowest BCUT2D eigenvalue weighted by Crippen LogP contribution is -2.22. The third-order valence-corrected chi connectivity index (χ3v) is 6.86. The van der Waals surface area contributed by atoms with Crippen molar-refractivity contribution in [2.24, 2.45) is 5.92 Å². The number of aromatic nitrogens is 3. The lowest BCUT2D eigenvalue weighted by atomic mass is 9.89. The van der Waals surface area contributed by atoms with E-state index in [2.05, 4.69) is 27.4 Å². The molecule has 1 N–H and O–H groups in total. The van der Waals surface area contributed by atoms with Gasteiger partial charge in [-0.25, -0.2) is 9.97 Å². The van der Waals surface area contributed by atoms with E-state index < -0.39 is 0 Å². The fourth-order valence-electron chi connectivity index (χ4n) is 3.21. The van der Waals surface area contributed by atoms with Crippen molar-refractivity contribution in [2.45, 2.75) is 50.3 Å². The fraction of sp³-hybridized carbons (Fsp3) is 0.444. The number of hydrogen-bond donors (Lipinski definition) is 1. The van der Waals surface area contributed by atoms with Crippen molar-refractivity contribution in [1.29, 1.82) is 0 Å². The van der Waals surface area contributed by atoms with Crippen LogP contribution in [0.15, 0.2) is 21.9 Å². The number of thiophene rings is 1. The van der Waals surface area contributed by atoms with Gasteiger partial charge in [0.25, 0.3) is 0 Å². The molecule has 2 atom stereocenters. The van der Waals surface area contributed by atoms with E-state index in [0.717, 1.165) is 34.0 Å². The molecule has 0 saturated carbocycles. The Morgan fingerprint density at radius 2 is 2.31 bits per heavy atom. The van der Waals surface area contributed by atoms with Crippen molar-refractivity contribution in [3.63, 3.8) is 0 Å². The maximum Gasteiger partial charge on any atom is 0.238 e. The van der Waals surface area contributed by atoms with Crippen molar-refractivity contribution >= 4 is 45.0 Å². The Bertz CT molecular complexity index is 965. The number of nitrogens with one attached hydrogen (secondary N) is 1. The van der Waals surface area contributed by atoms with Crippen LogP contribution in [0.2, 0.25) is 0 Å². The summed E-state index contributed by atoms with van der Waals surface area (Å²) in [6, 6.07) is 1.70. The summed E-state index contributed by atoms with van der Waals surface area (Å²) >= 11 is 3.24. The molecule has 0 radical (unpaired) electrons. The molecule has 0 spiro atoms. The van der Waals surface area contributed by atoms with Crippen LogP contribution >= 0.6 is 23.1 Å². The number of anilines is 1. The molecule has 26 heavy (non-hydrogen) atoms. The van der Waals surface area contributed by atoms with E-state index in [1.807, 2.05) is 6.92 Å². The summed E-state index contributed by atoms with van der Waals surface area (Å²) in [4.78, 5) is 23.9. The quantitative estimate of drug-likeness (QED) is 0.532. The van der Waals surface area contributed by atoms with Gasteiger partial charge >= 0.3 is 0 Å². The van der Waals surface area contributed by atoms with Gasteiger partial charge in [-0.15, -0.1) is 11.3 Å². The molecule has 1 aliphatic carbocycles. The minimum absolute atomic E-state index is 0.118. The molecule has 0 aromatic carbocycles. The van der Waals surface area contributed by atoms with Crippen molar-refractivity contribution < 1.29 is 9.32 Å². The average Bonchev–Trinajstić information content (AvgIpc) is 3.17. The van der Waals surface area contributed by atoms with Crippen LogP contribution in [0.1, 0.15) is 36.5 Å². The average molecular weight is 389 g/mol. The van der Waals surface area contributed by atoms with Gasteiger partial charge in [0.15, 0.2) is 5.82 Å². The van der Waals surface area contributed by atoms with E-state index in [9.17, 15) is 4.79 Å². The molecule has 3 aromatic rings. The number of thioether (sulfide) groups is 1. The number of rotatable bonds is 4. The van der Waals surface area contributed by atoms with E-state index in [1.165, 1.54) is 28.6 Å². The highest BCUT2D eigenvalue weighted by molar-refractivity contribution is 8.00. The van der Waals surface area contributed by atoms with E-state index >= 15 is 0 Å². The Morgan fingerprint density at radius 1 is 1.46 bits per heavy atom. The maximum absolute atomic E-state index is 12.5. The Hall–Kier alpha value is -1.93. The topological polar surface area (TPSA) is 80.9 Å². The smallest absolute Gasteiger partial charge is 0.238 e. The Kier molecular flexibility index (Phi) is 4.71. The number of carbonyl (C=O) groups is 1. The van der Waals surface area contributed by atoms with Crippen molar-refractivity contribution in [1.82, 2.24) is 15.1 Å². The second-order valence-electron chi connectivity index (χ2n) is 6.78. The third-order valence-electron chi connectivity index (χ3n) is 4.59. The van der Waals surface area contributed by atoms with Gasteiger partial charge in [-0.3, -0.25) is 4.79 Å². The maximum atomic E-state index is 12.5. The number of amides is 1. The summed E-state index contributed by atoms with van der Waals surface area (Å²) in [5.74, 6) is 1.70. The van der Waals surface area contributed by atoms with Crippen LogP contribution in [0, 0.1) is 12.8 Å². The Morgan fingerprint density at radius 3 is 3.08 bits per heavy atom. The first kappa shape index (κ1) is 17.5. The first-order valence-electron chi connectivity index (χ1n) is 8.67. The minimum Gasteiger partial charge on any atom is -0.360 e. The van der Waals surface area contributed by atoms with E-state index in [-0.39, 0.29) is 11.2 Å². The summed E-state index contributed by atoms with van der Waals surface area (Å²) in [6.45, 7) is 5.97. The normalized spacial score (nSPS) is 17.9. The Balaban J connectivity index is 1.57. The van der Waals surface area contributed by atoms with Crippen molar-refractivity contribution in [2.75, 3.05) is 5.32 Å². The first-order chi connectivity index (χ1) is 12.5. The SMILES string of the molecule is Cc1cc(NC(=O)[C@@H](C)Sc2ncnc3sc4c(c23)CC[C@@H](C)C4)no1. The molecule has 0 unspecified atom stereocenters. The summed E-state index contributed by atoms with van der Waals surface area (Å²) in [7, 11) is 0. The van der Waals surface area contributed by atoms with Gasteiger partial charge < -0.3 is 9.84 Å². The zero-order valence-corrected chi connectivity index (χ0v) is 16.5. The molecule has 6 nitrogen and oxygen atoms in total. The van der Waals surface area contributed by atoms with E-state index in [1.54, 1.807) is 30.7 Å². The fourth-order valence-corrected chi connectivity index (χ4v) is 5.57. The molecular weight excluding hydrogens is 368 g/mol. The Labute approximate surface area is 159 Å². The summed E-state index contributed by atoms with van der Waals surface area (Å²) in [5.41, 5.74) is 1.38. The first-order valence-corrected chi connectivity index (χ1v) is 10.4. The van der Waals surface area contributed by atoms with Gasteiger partial charge in [-0.1, -0.05) is 23.8 Å². The lowest BCUT2D eigenvalue weighted by molar-refractivity contribution is -0.115. The van der Waals surface area contributed by atoms with Gasteiger partial charge in [-0.2, -0.15) is 0 Å². The van der Waals surface area contributed by atoms with Crippen molar-refractivity contribution in [3.05, 3.63) is 28.6 Å². The molecule has 0 aliphatic heterocycles. The summed E-state index contributed by atoms with van der Waals surface area (Å²) in [6.07, 6.45) is 4.97. The predicted molar refractivity (Wildman–Crippen MR) is 104 cm³/mol. The molecule has 3 aromatic heterocycles. The predicted octanol–water partition coefficient (Wildman–Crippen LogP) is 4.23. The number of carbonyl (C=O) groups excluding carboxylic acids is 1. The van der Waals surface area contributed by atoms with Crippen LogP contribution in [-0.4, -0.2) is 26.3 Å². The highest BCUT2D eigenvalue weighted by atomic mass is 32.2. The van der Waals surface area contributed by atoms with E-state index in [0.29, 0.717) is 11.6 Å². The molecule has 1 amide bonds. The molecule has 0 fully saturated rings. The highest BCUT2D eigenvalue weighted by Gasteiger charge is 2.25. The molecular formula is C18H20N4O2S2. The standard InChI is InChI=1S/C18H20N4O2S2/c1-9-4-5-12-13(6-9)26-18-15(12)17(19-8-20-18)25-11(3)16(23)21-14-7-10(2)24-22-14/h7-9,11H,4-6H2,1-3H3,(H,21,22,23)/t9-,11-/m1/s1. The zero-order valence-electron chi connectivity index (χ0n) is 14.9. The number of fused-ring (bicyclic) bond motifs is 3. The van der Waals surface area contributed by atoms with Gasteiger partial charge in [0.1, 0.15) is 21.9 Å². The molecule has 0 saturated heterocycles. The van der Waals surface area contributed by atoms with Crippen LogP contribution < -0.4 is 5.32 Å². The number of hydrogen-bond acceptors (Lipinski definition) is 7. The number of nitrogens with zero attached hydrogens (tertiary/aromatic N) is 3.